The van der Waals surface area contributed by atoms with Crippen molar-refractivity contribution >= 4 is 11.1 Å². The Hall–Kier alpha value is -4.49. The molecular formula is C31H27F3N6O. The van der Waals surface area contributed by atoms with Crippen LogP contribution in [0.3, 0.4) is 0 Å². The molecule has 1 saturated heterocycles. The van der Waals surface area contributed by atoms with E-state index in [0.717, 1.165) is 37.1 Å². The van der Waals surface area contributed by atoms with Crippen LogP contribution < -0.4 is 0 Å². The zero-order chi connectivity index (χ0) is 28.7. The highest BCUT2D eigenvalue weighted by atomic mass is 19.4. The van der Waals surface area contributed by atoms with Gasteiger partial charge in [0.2, 0.25) is 5.89 Å². The van der Waals surface area contributed by atoms with Crippen molar-refractivity contribution in [2.45, 2.75) is 32.5 Å². The van der Waals surface area contributed by atoms with Crippen molar-refractivity contribution in [3.63, 3.8) is 0 Å². The van der Waals surface area contributed by atoms with E-state index >= 15 is 0 Å². The van der Waals surface area contributed by atoms with Crippen molar-refractivity contribution in [1.82, 2.24) is 24.6 Å². The third-order valence-corrected chi connectivity index (χ3v) is 7.52. The molecule has 3 heterocycles. The molecule has 0 bridgehead atoms. The first-order valence-corrected chi connectivity index (χ1v) is 13.4. The Morgan fingerprint density at radius 3 is 2.63 bits per heavy atom. The van der Waals surface area contributed by atoms with Gasteiger partial charge in [0, 0.05) is 31.3 Å². The van der Waals surface area contributed by atoms with Gasteiger partial charge in [-0.2, -0.15) is 18.4 Å². The first kappa shape index (κ1) is 26.7. The normalized spacial score (nSPS) is 16.2. The molecule has 1 aliphatic heterocycles. The summed E-state index contributed by atoms with van der Waals surface area (Å²) in [7, 11) is 1.81. The van der Waals surface area contributed by atoms with E-state index in [-0.39, 0.29) is 17.0 Å². The molecule has 6 rings (SSSR count). The van der Waals surface area contributed by atoms with E-state index in [2.05, 4.69) is 33.1 Å². The molecule has 208 valence electrons. The molecule has 3 aromatic carbocycles. The predicted octanol–water partition coefficient (Wildman–Crippen LogP) is 7.08. The molecule has 0 amide bonds. The van der Waals surface area contributed by atoms with Crippen molar-refractivity contribution < 1.29 is 17.6 Å². The number of oxazole rings is 1. The third-order valence-electron chi connectivity index (χ3n) is 7.52. The van der Waals surface area contributed by atoms with Gasteiger partial charge in [0.25, 0.3) is 0 Å². The second-order valence-corrected chi connectivity index (χ2v) is 10.7. The molecule has 41 heavy (non-hydrogen) atoms. The minimum Gasteiger partial charge on any atom is -0.435 e. The van der Waals surface area contributed by atoms with Crippen molar-refractivity contribution in [1.29, 1.82) is 5.26 Å². The quantitative estimate of drug-likeness (QED) is 0.230. The molecule has 2 aromatic heterocycles. The van der Waals surface area contributed by atoms with Gasteiger partial charge >= 0.3 is 6.18 Å². The standard InChI is InChI=1S/C31H27F3N6O/c1-19-5-4-10-40(16-19)17-21-12-26(31(32,33)34)28-27(13-21)37-30(41-28)23-7-3-6-22(14-23)24-9-8-20(15-35)11-25(24)29-38-36-18-39(29)2/h3,6-9,11-14,18-19H,4-5,10,16-17H2,1-2H3/t19-/m0/s1. The number of fused-ring (bicyclic) bond motifs is 1. The zero-order valence-electron chi connectivity index (χ0n) is 22.6. The van der Waals surface area contributed by atoms with Gasteiger partial charge in [0.05, 0.1) is 11.6 Å². The number of nitrogens with zero attached hydrogens (tertiary/aromatic N) is 6. The van der Waals surface area contributed by atoms with Crippen LogP contribution in [0.4, 0.5) is 13.2 Å². The number of aromatic nitrogens is 4. The molecule has 0 saturated carbocycles. The van der Waals surface area contributed by atoms with E-state index in [9.17, 15) is 18.4 Å². The fourth-order valence-electron chi connectivity index (χ4n) is 5.60. The van der Waals surface area contributed by atoms with Gasteiger partial charge in [-0.15, -0.1) is 10.2 Å². The van der Waals surface area contributed by atoms with Crippen LogP contribution in [0.2, 0.25) is 0 Å². The fourth-order valence-corrected chi connectivity index (χ4v) is 5.60. The SMILES string of the molecule is C[C@H]1CCCN(Cc2cc(C(F)(F)F)c3oc(-c4cccc(-c5ccc(C#N)cc5-c5nncn5C)c4)nc3c2)C1. The second-order valence-electron chi connectivity index (χ2n) is 10.7. The number of hydrogen-bond donors (Lipinski definition) is 0. The summed E-state index contributed by atoms with van der Waals surface area (Å²) in [5.41, 5.74) is 2.92. The van der Waals surface area contributed by atoms with Gasteiger partial charge in [-0.1, -0.05) is 25.1 Å². The molecule has 0 N–H and O–H groups in total. The van der Waals surface area contributed by atoms with E-state index in [1.165, 1.54) is 6.07 Å². The topological polar surface area (TPSA) is 83.8 Å². The Morgan fingerprint density at radius 2 is 1.90 bits per heavy atom. The Morgan fingerprint density at radius 1 is 1.07 bits per heavy atom. The summed E-state index contributed by atoms with van der Waals surface area (Å²) in [6.07, 6.45) is -0.837. The summed E-state index contributed by atoms with van der Waals surface area (Å²) >= 11 is 0. The molecule has 0 unspecified atom stereocenters. The highest BCUT2D eigenvalue weighted by Gasteiger charge is 2.36. The Labute approximate surface area is 234 Å². The average molecular weight is 557 g/mol. The molecule has 1 fully saturated rings. The van der Waals surface area contributed by atoms with E-state index in [4.69, 9.17) is 4.42 Å². The molecule has 0 aliphatic carbocycles. The zero-order valence-corrected chi connectivity index (χ0v) is 22.6. The van der Waals surface area contributed by atoms with Gasteiger partial charge in [0.1, 0.15) is 17.4 Å². The fraction of sp³-hybridized carbons (Fsp3) is 0.290. The number of halogens is 3. The predicted molar refractivity (Wildman–Crippen MR) is 148 cm³/mol. The van der Waals surface area contributed by atoms with Crippen LogP contribution in [-0.2, 0) is 19.8 Å². The van der Waals surface area contributed by atoms with Crippen molar-refractivity contribution in [3.8, 4) is 40.0 Å². The molecule has 5 aromatic rings. The maximum absolute atomic E-state index is 14.2. The van der Waals surface area contributed by atoms with Gasteiger partial charge < -0.3 is 8.98 Å². The van der Waals surface area contributed by atoms with Crippen LogP contribution in [0.5, 0.6) is 0 Å². The van der Waals surface area contributed by atoms with E-state index in [1.807, 2.05) is 25.2 Å². The molecular weight excluding hydrogens is 529 g/mol. The van der Waals surface area contributed by atoms with Crippen LogP contribution in [0.1, 0.15) is 36.5 Å². The average Bonchev–Trinajstić information content (AvgIpc) is 3.58. The maximum Gasteiger partial charge on any atom is 0.420 e. The summed E-state index contributed by atoms with van der Waals surface area (Å²) in [5.74, 6) is 1.20. The largest absolute Gasteiger partial charge is 0.435 e. The van der Waals surface area contributed by atoms with Crippen molar-refractivity contribution in [2.24, 2.45) is 13.0 Å². The Bertz CT molecular complexity index is 1780. The number of rotatable bonds is 5. The Kier molecular flexibility index (Phi) is 6.83. The van der Waals surface area contributed by atoms with Crippen molar-refractivity contribution in [2.75, 3.05) is 13.1 Å². The smallest absolute Gasteiger partial charge is 0.420 e. The summed E-state index contributed by atoms with van der Waals surface area (Å²) in [6.45, 7) is 4.33. The lowest BCUT2D eigenvalue weighted by atomic mass is 9.96. The molecule has 0 spiro atoms. The van der Waals surface area contributed by atoms with Crippen molar-refractivity contribution in [3.05, 3.63) is 77.6 Å². The van der Waals surface area contributed by atoms with Crippen LogP contribution >= 0.6 is 0 Å². The molecule has 1 atom stereocenters. The minimum atomic E-state index is -4.59. The van der Waals surface area contributed by atoms with E-state index in [0.29, 0.717) is 40.5 Å². The van der Waals surface area contributed by atoms with Crippen LogP contribution in [-0.4, -0.2) is 37.7 Å². The first-order chi connectivity index (χ1) is 19.7. The molecule has 1 aliphatic rings. The van der Waals surface area contributed by atoms with Gasteiger partial charge in [-0.25, -0.2) is 4.98 Å². The number of nitriles is 1. The van der Waals surface area contributed by atoms with E-state index < -0.39 is 11.7 Å². The number of aryl methyl sites for hydroxylation is 1. The monoisotopic (exact) mass is 556 g/mol. The van der Waals surface area contributed by atoms with Gasteiger partial charge in [0.15, 0.2) is 11.4 Å². The van der Waals surface area contributed by atoms with Crippen LogP contribution in [0.25, 0.3) is 45.1 Å². The third kappa shape index (κ3) is 5.33. The first-order valence-electron chi connectivity index (χ1n) is 13.4. The lowest BCUT2D eigenvalue weighted by Crippen LogP contribution is -2.33. The van der Waals surface area contributed by atoms with Gasteiger partial charge in [-0.3, -0.25) is 4.90 Å². The van der Waals surface area contributed by atoms with Gasteiger partial charge in [-0.05, 0) is 78.4 Å². The highest BCUT2D eigenvalue weighted by molar-refractivity contribution is 5.85. The summed E-state index contributed by atoms with van der Waals surface area (Å²) in [4.78, 5) is 6.72. The lowest BCUT2D eigenvalue weighted by Gasteiger charge is -2.30. The number of piperidine rings is 1. The lowest BCUT2D eigenvalue weighted by molar-refractivity contribution is -0.136. The van der Waals surface area contributed by atoms with E-state index in [1.54, 1.807) is 41.2 Å². The summed E-state index contributed by atoms with van der Waals surface area (Å²) < 4.78 is 50.1. The highest BCUT2D eigenvalue weighted by Crippen LogP contribution is 2.39. The second kappa shape index (κ2) is 10.5. The Balaban J connectivity index is 1.42. The van der Waals surface area contributed by atoms with Crippen LogP contribution in [0, 0.1) is 17.2 Å². The molecule has 0 radical (unpaired) electrons. The van der Waals surface area contributed by atoms with Crippen LogP contribution in [0.15, 0.2) is 65.3 Å². The number of hydrogen-bond acceptors (Lipinski definition) is 6. The molecule has 7 nitrogen and oxygen atoms in total. The summed E-state index contributed by atoms with van der Waals surface area (Å²) in [6, 6.07) is 17.6. The maximum atomic E-state index is 14.2. The number of likely N-dealkylation sites (tertiary alicyclic amines) is 1. The number of alkyl halides is 3. The number of benzene rings is 3. The summed E-state index contributed by atoms with van der Waals surface area (Å²) in [5, 5.41) is 17.6. The molecule has 10 heteroatoms. The minimum absolute atomic E-state index is 0.102.